The third-order valence-electron chi connectivity index (χ3n) is 4.18. The smallest absolute Gasteiger partial charge is 0.244 e. The molecule has 5 heteroatoms. The molecule has 0 saturated carbocycles. The van der Waals surface area contributed by atoms with Crippen molar-refractivity contribution in [2.24, 2.45) is 0 Å². The second-order valence-corrected chi connectivity index (χ2v) is 6.39. The number of carbonyl (C=O) groups is 2. The van der Waals surface area contributed by atoms with Crippen LogP contribution in [-0.2, 0) is 4.79 Å². The Morgan fingerprint density at radius 1 is 1.00 bits per heavy atom. The van der Waals surface area contributed by atoms with Crippen molar-refractivity contribution in [3.8, 4) is 5.75 Å². The highest BCUT2D eigenvalue weighted by molar-refractivity contribution is 5.99. The number of nitrogens with zero attached hydrogens (tertiary/aromatic N) is 2. The van der Waals surface area contributed by atoms with Crippen LogP contribution in [-0.4, -0.2) is 54.3 Å². The van der Waals surface area contributed by atoms with Gasteiger partial charge in [-0.05, 0) is 56.4 Å². The van der Waals surface area contributed by atoms with Crippen molar-refractivity contribution in [1.82, 2.24) is 9.80 Å². The molecule has 0 spiro atoms. The molecule has 1 N–H and O–H groups in total. The number of rotatable bonds is 6. The molecule has 0 aliphatic rings. The molecular weight excluding hydrogens is 316 g/mol. The van der Waals surface area contributed by atoms with Crippen LogP contribution >= 0.6 is 0 Å². The lowest BCUT2D eigenvalue weighted by Crippen LogP contribution is -2.41. The molecule has 5 nitrogen and oxygen atoms in total. The second kappa shape index (κ2) is 7.94. The van der Waals surface area contributed by atoms with E-state index < -0.39 is 6.04 Å². The maximum Gasteiger partial charge on any atom is 0.244 e. The highest BCUT2D eigenvalue weighted by Gasteiger charge is 2.28. The molecule has 0 heterocycles. The number of carbonyl (C=O) groups excluding carboxylic acids is 2. The second-order valence-electron chi connectivity index (χ2n) is 6.39. The zero-order valence-corrected chi connectivity index (χ0v) is 15.1. The van der Waals surface area contributed by atoms with E-state index in [1.807, 2.05) is 50.2 Å². The SMILES string of the molecule is Cc1ccccc1C(C(=O)N(C)CC(=O)c1ccc(O)cc1)N(C)C. The van der Waals surface area contributed by atoms with Gasteiger partial charge in [-0.3, -0.25) is 14.5 Å². The van der Waals surface area contributed by atoms with Gasteiger partial charge < -0.3 is 10.0 Å². The van der Waals surface area contributed by atoms with Crippen LogP contribution < -0.4 is 0 Å². The number of aromatic hydroxyl groups is 1. The minimum absolute atomic E-state index is 0.0141. The Bertz CT molecular complexity index is 754. The molecule has 2 aromatic carbocycles. The van der Waals surface area contributed by atoms with E-state index in [9.17, 15) is 14.7 Å². The lowest BCUT2D eigenvalue weighted by atomic mass is 9.99. The maximum absolute atomic E-state index is 13.0. The van der Waals surface area contributed by atoms with Crippen LogP contribution in [0.2, 0.25) is 0 Å². The Balaban J connectivity index is 2.17. The normalized spacial score (nSPS) is 12.0. The molecule has 0 aliphatic heterocycles. The highest BCUT2D eigenvalue weighted by atomic mass is 16.3. The van der Waals surface area contributed by atoms with Crippen LogP contribution in [0.3, 0.4) is 0 Å². The quantitative estimate of drug-likeness (QED) is 0.821. The number of hydrogen-bond donors (Lipinski definition) is 1. The van der Waals surface area contributed by atoms with Crippen molar-refractivity contribution >= 4 is 11.7 Å². The standard InChI is InChI=1S/C20H24N2O3/c1-14-7-5-6-8-17(14)19(21(2)3)20(25)22(4)13-18(24)15-9-11-16(23)12-10-15/h5-12,19,23H,13H2,1-4H3. The first kappa shape index (κ1) is 18.7. The van der Waals surface area contributed by atoms with Crippen LogP contribution in [0.15, 0.2) is 48.5 Å². The summed E-state index contributed by atoms with van der Waals surface area (Å²) in [6.45, 7) is 1.96. The van der Waals surface area contributed by atoms with Crippen molar-refractivity contribution in [3.63, 3.8) is 0 Å². The minimum atomic E-state index is -0.446. The van der Waals surface area contributed by atoms with Gasteiger partial charge in [0.2, 0.25) is 5.91 Å². The van der Waals surface area contributed by atoms with E-state index in [0.29, 0.717) is 5.56 Å². The molecule has 0 aromatic heterocycles. The summed E-state index contributed by atoms with van der Waals surface area (Å²) in [6, 6.07) is 13.4. The fraction of sp³-hybridized carbons (Fsp3) is 0.300. The number of hydrogen-bond acceptors (Lipinski definition) is 4. The number of phenols is 1. The number of amides is 1. The van der Waals surface area contributed by atoms with Crippen LogP contribution in [0.25, 0.3) is 0 Å². The van der Waals surface area contributed by atoms with Crippen molar-refractivity contribution in [2.45, 2.75) is 13.0 Å². The molecule has 1 unspecified atom stereocenters. The van der Waals surface area contributed by atoms with Crippen molar-refractivity contribution in [1.29, 1.82) is 0 Å². The van der Waals surface area contributed by atoms with Gasteiger partial charge >= 0.3 is 0 Å². The average molecular weight is 340 g/mol. The first-order valence-electron chi connectivity index (χ1n) is 8.10. The minimum Gasteiger partial charge on any atom is -0.508 e. The van der Waals surface area contributed by atoms with E-state index in [0.717, 1.165) is 11.1 Å². The van der Waals surface area contributed by atoms with Crippen LogP contribution in [0.5, 0.6) is 5.75 Å². The molecule has 2 rings (SSSR count). The van der Waals surface area contributed by atoms with Crippen molar-refractivity contribution in [2.75, 3.05) is 27.7 Å². The van der Waals surface area contributed by atoms with Crippen molar-refractivity contribution < 1.29 is 14.7 Å². The van der Waals surface area contributed by atoms with E-state index in [1.165, 1.54) is 17.0 Å². The zero-order valence-electron chi connectivity index (χ0n) is 15.1. The first-order valence-corrected chi connectivity index (χ1v) is 8.10. The Hall–Kier alpha value is -2.66. The number of Topliss-reactive ketones (excluding diaryl/α,β-unsaturated/α-hetero) is 1. The number of ketones is 1. The Morgan fingerprint density at radius 2 is 1.60 bits per heavy atom. The van der Waals surface area contributed by atoms with Gasteiger partial charge in [0.15, 0.2) is 5.78 Å². The van der Waals surface area contributed by atoms with Gasteiger partial charge in [-0.15, -0.1) is 0 Å². The number of benzene rings is 2. The molecular formula is C20H24N2O3. The molecule has 2 aromatic rings. The van der Waals surface area contributed by atoms with Gasteiger partial charge in [-0.25, -0.2) is 0 Å². The molecule has 0 bridgehead atoms. The average Bonchev–Trinajstić information content (AvgIpc) is 2.56. The summed E-state index contributed by atoms with van der Waals surface area (Å²) in [4.78, 5) is 28.6. The summed E-state index contributed by atoms with van der Waals surface area (Å²) in [6.07, 6.45) is 0. The van der Waals surface area contributed by atoms with E-state index in [4.69, 9.17) is 0 Å². The first-order chi connectivity index (χ1) is 11.8. The summed E-state index contributed by atoms with van der Waals surface area (Å²) in [5.74, 6) is -0.197. The molecule has 0 saturated heterocycles. The summed E-state index contributed by atoms with van der Waals surface area (Å²) >= 11 is 0. The predicted molar refractivity (Wildman–Crippen MR) is 97.7 cm³/mol. The van der Waals surface area contributed by atoms with E-state index in [2.05, 4.69) is 0 Å². The van der Waals surface area contributed by atoms with E-state index >= 15 is 0 Å². The maximum atomic E-state index is 13.0. The molecule has 0 radical (unpaired) electrons. The summed E-state index contributed by atoms with van der Waals surface area (Å²) < 4.78 is 0. The third-order valence-corrected chi connectivity index (χ3v) is 4.18. The summed E-state index contributed by atoms with van der Waals surface area (Å²) in [7, 11) is 5.34. The monoisotopic (exact) mass is 340 g/mol. The zero-order chi connectivity index (χ0) is 18.6. The van der Waals surface area contributed by atoms with Crippen LogP contribution in [0.4, 0.5) is 0 Å². The van der Waals surface area contributed by atoms with Gasteiger partial charge in [0.1, 0.15) is 11.8 Å². The Labute approximate surface area is 148 Å². The molecule has 132 valence electrons. The molecule has 1 atom stereocenters. The summed E-state index contributed by atoms with van der Waals surface area (Å²) in [5.41, 5.74) is 2.43. The van der Waals surface area contributed by atoms with Gasteiger partial charge in [-0.1, -0.05) is 24.3 Å². The van der Waals surface area contributed by atoms with Gasteiger partial charge in [0.25, 0.3) is 0 Å². The lowest BCUT2D eigenvalue weighted by Gasteiger charge is -2.29. The fourth-order valence-corrected chi connectivity index (χ4v) is 2.77. The molecule has 1 amide bonds. The molecule has 25 heavy (non-hydrogen) atoms. The fourth-order valence-electron chi connectivity index (χ4n) is 2.77. The third kappa shape index (κ3) is 4.45. The highest BCUT2D eigenvalue weighted by Crippen LogP contribution is 2.24. The van der Waals surface area contributed by atoms with Crippen LogP contribution in [0.1, 0.15) is 27.5 Å². The summed E-state index contributed by atoms with van der Waals surface area (Å²) in [5, 5.41) is 9.31. The van der Waals surface area contributed by atoms with Gasteiger partial charge in [0.05, 0.1) is 6.54 Å². The molecule has 0 fully saturated rings. The lowest BCUT2D eigenvalue weighted by molar-refractivity contribution is -0.134. The largest absolute Gasteiger partial charge is 0.508 e. The predicted octanol–water partition coefficient (Wildman–Crippen LogP) is 2.64. The van der Waals surface area contributed by atoms with Gasteiger partial charge in [0, 0.05) is 12.6 Å². The van der Waals surface area contributed by atoms with E-state index in [-0.39, 0.29) is 24.0 Å². The van der Waals surface area contributed by atoms with Crippen molar-refractivity contribution in [3.05, 3.63) is 65.2 Å². The Kier molecular flexibility index (Phi) is 5.93. The van der Waals surface area contributed by atoms with E-state index in [1.54, 1.807) is 19.2 Å². The topological polar surface area (TPSA) is 60.9 Å². The number of aryl methyl sites for hydroxylation is 1. The number of likely N-dealkylation sites (N-methyl/N-ethyl adjacent to an activating group) is 2. The van der Waals surface area contributed by atoms with Gasteiger partial charge in [-0.2, -0.15) is 0 Å². The van der Waals surface area contributed by atoms with Crippen LogP contribution in [0, 0.1) is 6.92 Å². The Morgan fingerprint density at radius 3 is 2.16 bits per heavy atom. The molecule has 0 aliphatic carbocycles. The number of phenolic OH excluding ortho intramolecular Hbond substituents is 1.